The highest BCUT2D eigenvalue weighted by atomic mass is 35.5. The van der Waals surface area contributed by atoms with E-state index < -0.39 is 10.0 Å². The van der Waals surface area contributed by atoms with Gasteiger partial charge in [0.2, 0.25) is 10.0 Å². The summed E-state index contributed by atoms with van der Waals surface area (Å²) in [7, 11) is -2.15. The molecule has 0 saturated carbocycles. The predicted molar refractivity (Wildman–Crippen MR) is 122 cm³/mol. The number of nitrogens with one attached hydrogen (secondary N) is 2. The van der Waals surface area contributed by atoms with Crippen molar-refractivity contribution in [3.05, 3.63) is 64.7 Å². The van der Waals surface area contributed by atoms with Gasteiger partial charge in [-0.05, 0) is 42.0 Å². The Balaban J connectivity index is 1.66. The molecule has 2 aromatic carbocycles. The second-order valence-corrected chi connectivity index (χ2v) is 9.54. The Hall–Kier alpha value is -2.01. The SMILES string of the molecule is COCCNS(=O)(=O)c1ccc(C(=O)NCC(c2ccc(Cl)cc2)N2CCOCC2)cc1. The van der Waals surface area contributed by atoms with Gasteiger partial charge in [0.05, 0.1) is 30.8 Å². The quantitative estimate of drug-likeness (QED) is 0.504. The Kier molecular flexibility index (Phi) is 9.03. The lowest BCUT2D eigenvalue weighted by Crippen LogP contribution is -2.43. The fourth-order valence-electron chi connectivity index (χ4n) is 3.47. The summed E-state index contributed by atoms with van der Waals surface area (Å²) in [6.45, 7) is 3.68. The molecule has 1 aliphatic heterocycles. The van der Waals surface area contributed by atoms with E-state index in [9.17, 15) is 13.2 Å². The molecule has 1 unspecified atom stereocenters. The molecular weight excluding hydrogens is 454 g/mol. The van der Waals surface area contributed by atoms with Crippen LogP contribution in [0.3, 0.4) is 0 Å². The Morgan fingerprint density at radius 1 is 1.12 bits per heavy atom. The number of nitrogens with zero attached hydrogens (tertiary/aromatic N) is 1. The topological polar surface area (TPSA) is 97.0 Å². The highest BCUT2D eigenvalue weighted by Gasteiger charge is 2.23. The second kappa shape index (κ2) is 11.7. The van der Waals surface area contributed by atoms with E-state index in [2.05, 4.69) is 14.9 Å². The number of hydrogen-bond donors (Lipinski definition) is 2. The van der Waals surface area contributed by atoms with E-state index in [1.165, 1.54) is 31.4 Å². The highest BCUT2D eigenvalue weighted by Crippen LogP contribution is 2.23. The molecule has 32 heavy (non-hydrogen) atoms. The van der Waals surface area contributed by atoms with E-state index in [4.69, 9.17) is 21.1 Å². The average molecular weight is 482 g/mol. The Labute approximate surface area is 193 Å². The Morgan fingerprint density at radius 2 is 1.78 bits per heavy atom. The summed E-state index contributed by atoms with van der Waals surface area (Å²) in [5.74, 6) is -0.270. The molecule has 1 aliphatic rings. The van der Waals surface area contributed by atoms with E-state index in [0.29, 0.717) is 30.3 Å². The van der Waals surface area contributed by atoms with E-state index in [1.807, 2.05) is 24.3 Å². The molecule has 1 fully saturated rings. The number of halogens is 1. The van der Waals surface area contributed by atoms with Gasteiger partial charge in [-0.15, -0.1) is 0 Å². The lowest BCUT2D eigenvalue weighted by molar-refractivity contribution is 0.0162. The van der Waals surface area contributed by atoms with Crippen molar-refractivity contribution in [2.45, 2.75) is 10.9 Å². The first-order chi connectivity index (χ1) is 15.4. The standard InChI is InChI=1S/C22H28ClN3O5S/c1-30-13-10-25-32(28,29)20-8-4-18(5-9-20)22(27)24-16-21(26-11-14-31-15-12-26)17-2-6-19(23)7-3-17/h2-9,21,25H,10-16H2,1H3,(H,24,27). The minimum absolute atomic E-state index is 0.0234. The maximum absolute atomic E-state index is 12.7. The van der Waals surface area contributed by atoms with Crippen molar-refractivity contribution >= 4 is 27.5 Å². The number of morpholine rings is 1. The van der Waals surface area contributed by atoms with Crippen LogP contribution in [-0.2, 0) is 19.5 Å². The van der Waals surface area contributed by atoms with Crippen LogP contribution in [0.2, 0.25) is 5.02 Å². The molecule has 1 amide bonds. The monoisotopic (exact) mass is 481 g/mol. The zero-order valence-corrected chi connectivity index (χ0v) is 19.5. The van der Waals surface area contributed by atoms with Crippen LogP contribution in [0.5, 0.6) is 0 Å². The molecule has 0 aliphatic carbocycles. The van der Waals surface area contributed by atoms with E-state index in [0.717, 1.165) is 18.7 Å². The van der Waals surface area contributed by atoms with Gasteiger partial charge < -0.3 is 14.8 Å². The fraction of sp³-hybridized carbons (Fsp3) is 0.409. The van der Waals surface area contributed by atoms with Gasteiger partial charge in [0.25, 0.3) is 5.91 Å². The molecule has 0 radical (unpaired) electrons. The second-order valence-electron chi connectivity index (χ2n) is 7.34. The maximum Gasteiger partial charge on any atom is 0.251 e. The van der Waals surface area contributed by atoms with Crippen LogP contribution in [-0.4, -0.2) is 72.3 Å². The van der Waals surface area contributed by atoms with Crippen LogP contribution < -0.4 is 10.0 Å². The van der Waals surface area contributed by atoms with Gasteiger partial charge in [-0.25, -0.2) is 13.1 Å². The third-order valence-corrected chi connectivity index (χ3v) is 6.95. The molecule has 0 spiro atoms. The summed E-state index contributed by atoms with van der Waals surface area (Å²) in [4.78, 5) is 15.1. The summed E-state index contributed by atoms with van der Waals surface area (Å²) in [6, 6.07) is 13.4. The van der Waals surface area contributed by atoms with Crippen molar-refractivity contribution in [3.63, 3.8) is 0 Å². The number of benzene rings is 2. The van der Waals surface area contributed by atoms with Crippen molar-refractivity contribution in [2.24, 2.45) is 0 Å². The van der Waals surface area contributed by atoms with E-state index >= 15 is 0 Å². The van der Waals surface area contributed by atoms with Gasteiger partial charge in [-0.1, -0.05) is 23.7 Å². The maximum atomic E-state index is 12.7. The number of amides is 1. The van der Waals surface area contributed by atoms with Crippen LogP contribution in [0, 0.1) is 0 Å². The van der Waals surface area contributed by atoms with E-state index in [1.54, 1.807) is 0 Å². The van der Waals surface area contributed by atoms with E-state index in [-0.39, 0.29) is 30.0 Å². The molecule has 1 heterocycles. The summed E-state index contributed by atoms with van der Waals surface area (Å²) in [5.41, 5.74) is 1.44. The number of carbonyl (C=O) groups excluding carboxylic acids is 1. The first-order valence-corrected chi connectivity index (χ1v) is 12.2. The lowest BCUT2D eigenvalue weighted by Gasteiger charge is -2.35. The highest BCUT2D eigenvalue weighted by molar-refractivity contribution is 7.89. The Bertz CT molecular complexity index is 978. The predicted octanol–water partition coefficient (Wildman–Crippen LogP) is 2.07. The minimum atomic E-state index is -3.65. The third-order valence-electron chi connectivity index (χ3n) is 5.22. The summed E-state index contributed by atoms with van der Waals surface area (Å²) in [6.07, 6.45) is 0. The smallest absolute Gasteiger partial charge is 0.251 e. The normalized spacial score (nSPS) is 15.9. The van der Waals surface area contributed by atoms with Gasteiger partial charge in [0.15, 0.2) is 0 Å². The van der Waals surface area contributed by atoms with Gasteiger partial charge in [0, 0.05) is 43.9 Å². The number of methoxy groups -OCH3 is 1. The number of sulfonamides is 1. The summed E-state index contributed by atoms with van der Waals surface area (Å²) in [5, 5.41) is 3.63. The molecule has 2 aromatic rings. The van der Waals surface area contributed by atoms with Crippen LogP contribution >= 0.6 is 11.6 Å². The molecule has 3 rings (SSSR count). The van der Waals surface area contributed by atoms with Gasteiger partial charge >= 0.3 is 0 Å². The largest absolute Gasteiger partial charge is 0.383 e. The molecule has 10 heteroatoms. The molecule has 1 saturated heterocycles. The molecule has 174 valence electrons. The van der Waals surface area contributed by atoms with Crippen molar-refractivity contribution in [2.75, 3.05) is 53.1 Å². The van der Waals surface area contributed by atoms with Crippen molar-refractivity contribution in [1.29, 1.82) is 0 Å². The van der Waals surface area contributed by atoms with Crippen LogP contribution in [0.4, 0.5) is 0 Å². The first-order valence-electron chi connectivity index (χ1n) is 10.3. The first kappa shape index (κ1) is 24.6. The van der Waals surface area contributed by atoms with Crippen LogP contribution in [0.25, 0.3) is 0 Å². The van der Waals surface area contributed by atoms with Crippen LogP contribution in [0.1, 0.15) is 22.0 Å². The van der Waals surface area contributed by atoms with Gasteiger partial charge in [-0.3, -0.25) is 9.69 Å². The minimum Gasteiger partial charge on any atom is -0.383 e. The molecule has 1 atom stereocenters. The molecule has 0 aromatic heterocycles. The average Bonchev–Trinajstić information content (AvgIpc) is 2.81. The number of hydrogen-bond acceptors (Lipinski definition) is 6. The number of carbonyl (C=O) groups is 1. The van der Waals surface area contributed by atoms with Crippen molar-refractivity contribution in [1.82, 2.24) is 14.9 Å². The van der Waals surface area contributed by atoms with Gasteiger partial charge in [0.1, 0.15) is 0 Å². The van der Waals surface area contributed by atoms with Crippen molar-refractivity contribution < 1.29 is 22.7 Å². The van der Waals surface area contributed by atoms with Gasteiger partial charge in [-0.2, -0.15) is 0 Å². The summed E-state index contributed by atoms with van der Waals surface area (Å²) < 4.78 is 37.3. The molecular formula is C22H28ClN3O5S. The molecule has 0 bridgehead atoms. The van der Waals surface area contributed by atoms with Crippen molar-refractivity contribution in [3.8, 4) is 0 Å². The number of ether oxygens (including phenoxy) is 2. The molecule has 2 N–H and O–H groups in total. The van der Waals surface area contributed by atoms with Crippen LogP contribution in [0.15, 0.2) is 53.4 Å². The lowest BCUT2D eigenvalue weighted by atomic mass is 10.0. The zero-order valence-electron chi connectivity index (χ0n) is 17.9. The Morgan fingerprint density at radius 3 is 2.41 bits per heavy atom. The number of rotatable bonds is 10. The summed E-state index contributed by atoms with van der Waals surface area (Å²) >= 11 is 6.03. The third kappa shape index (κ3) is 6.74. The zero-order chi connectivity index (χ0) is 23.0. The fourth-order valence-corrected chi connectivity index (χ4v) is 4.61. The molecule has 8 nitrogen and oxygen atoms in total.